The molecule has 9 heteroatoms. The van der Waals surface area contributed by atoms with Crippen molar-refractivity contribution in [3.63, 3.8) is 0 Å². The third kappa shape index (κ3) is 3.69. The zero-order valence-electron chi connectivity index (χ0n) is 16.5. The van der Waals surface area contributed by atoms with E-state index in [1.54, 1.807) is 24.5 Å². The molecule has 5 rings (SSSR count). The summed E-state index contributed by atoms with van der Waals surface area (Å²) in [7, 11) is 0. The van der Waals surface area contributed by atoms with E-state index < -0.39 is 5.82 Å². The number of anilines is 2. The van der Waals surface area contributed by atoms with Crippen molar-refractivity contribution < 1.29 is 9.13 Å². The zero-order valence-corrected chi connectivity index (χ0v) is 16.5. The lowest BCUT2D eigenvalue weighted by Gasteiger charge is -2.34. The van der Waals surface area contributed by atoms with Crippen LogP contribution < -0.4 is 10.6 Å². The van der Waals surface area contributed by atoms with E-state index in [2.05, 4.69) is 24.8 Å². The molecule has 0 amide bonds. The number of rotatable bonds is 3. The maximum Gasteiger partial charge on any atom is 0.222 e. The lowest BCUT2D eigenvalue weighted by atomic mass is 10.1. The second-order valence-corrected chi connectivity index (χ2v) is 7.37. The highest BCUT2D eigenvalue weighted by Gasteiger charge is 2.29. The Morgan fingerprint density at radius 3 is 2.94 bits per heavy atom. The quantitative estimate of drug-likeness (QED) is 0.700. The summed E-state index contributed by atoms with van der Waals surface area (Å²) < 4.78 is 20.1. The fraction of sp³-hybridized carbons (Fsp3) is 0.227. The number of nitrogens with two attached hydrogens (primary N) is 1. The van der Waals surface area contributed by atoms with E-state index in [-0.39, 0.29) is 17.6 Å². The number of ether oxygens (including phenoxy) is 1. The number of aliphatic imine (C=N–C) groups is 1. The van der Waals surface area contributed by atoms with E-state index in [4.69, 9.17) is 15.7 Å². The molecule has 2 aliphatic rings. The number of benzene rings is 1. The molecule has 0 saturated carbocycles. The number of morpholine rings is 1. The molecule has 1 atom stereocenters. The van der Waals surface area contributed by atoms with Crippen LogP contribution in [0.3, 0.4) is 0 Å². The number of nitriles is 1. The molecule has 0 bridgehead atoms. The predicted molar refractivity (Wildman–Crippen MR) is 114 cm³/mol. The highest BCUT2D eigenvalue weighted by molar-refractivity contribution is 5.97. The van der Waals surface area contributed by atoms with Crippen molar-refractivity contribution in [3.05, 3.63) is 59.7 Å². The highest BCUT2D eigenvalue weighted by atomic mass is 19.1. The average molecular weight is 415 g/mol. The Balaban J connectivity index is 1.40. The van der Waals surface area contributed by atoms with Gasteiger partial charge < -0.3 is 15.4 Å². The third-order valence-corrected chi connectivity index (χ3v) is 5.40. The SMILES string of the molecule is N#Cc1ccc(-c2cc(N3CCOC(C4=Nc5cnccc5C4)C3)nc(N)n2)cc1F. The van der Waals surface area contributed by atoms with Gasteiger partial charge in [0.1, 0.15) is 23.8 Å². The standard InChI is InChI=1S/C22H18FN7O/c23-16-7-13(1-2-15(16)10-24)17-9-21(29-22(25)28-17)30-5-6-31-20(12-30)18-8-14-3-4-26-11-19(14)27-18/h1-4,7,9,11,20H,5-6,8,12H2,(H2,25,28,29). The molecular formula is C22H18FN7O. The van der Waals surface area contributed by atoms with Crippen molar-refractivity contribution in [2.45, 2.75) is 12.5 Å². The molecule has 2 aromatic heterocycles. The van der Waals surface area contributed by atoms with E-state index in [9.17, 15) is 4.39 Å². The highest BCUT2D eigenvalue weighted by Crippen LogP contribution is 2.29. The van der Waals surface area contributed by atoms with E-state index in [1.165, 1.54) is 12.1 Å². The topological polar surface area (TPSA) is 113 Å². The number of aromatic nitrogens is 3. The molecule has 1 saturated heterocycles. The van der Waals surface area contributed by atoms with E-state index in [0.29, 0.717) is 36.8 Å². The normalized spacial score (nSPS) is 17.7. The van der Waals surface area contributed by atoms with Crippen molar-refractivity contribution in [2.75, 3.05) is 30.3 Å². The van der Waals surface area contributed by atoms with Crippen LogP contribution in [0, 0.1) is 17.1 Å². The summed E-state index contributed by atoms with van der Waals surface area (Å²) in [5.41, 5.74) is 9.94. The van der Waals surface area contributed by atoms with Gasteiger partial charge >= 0.3 is 0 Å². The molecule has 1 aromatic carbocycles. The minimum Gasteiger partial charge on any atom is -0.369 e. The van der Waals surface area contributed by atoms with Gasteiger partial charge in [-0.25, -0.2) is 9.37 Å². The number of fused-ring (bicyclic) bond motifs is 1. The Morgan fingerprint density at radius 2 is 2.13 bits per heavy atom. The number of pyridine rings is 1. The fourth-order valence-corrected chi connectivity index (χ4v) is 3.83. The number of nitrogens with zero attached hydrogens (tertiary/aromatic N) is 6. The van der Waals surface area contributed by atoms with E-state index >= 15 is 0 Å². The molecule has 1 unspecified atom stereocenters. The Bertz CT molecular complexity index is 1240. The lowest BCUT2D eigenvalue weighted by Crippen LogP contribution is -2.46. The number of hydrogen-bond donors (Lipinski definition) is 1. The van der Waals surface area contributed by atoms with Gasteiger partial charge in [-0.2, -0.15) is 10.2 Å². The molecule has 31 heavy (non-hydrogen) atoms. The number of halogens is 1. The van der Waals surface area contributed by atoms with Crippen LogP contribution in [0.5, 0.6) is 0 Å². The van der Waals surface area contributed by atoms with E-state index in [1.807, 2.05) is 12.1 Å². The summed E-state index contributed by atoms with van der Waals surface area (Å²) in [6, 6.07) is 9.92. The largest absolute Gasteiger partial charge is 0.369 e. The van der Waals surface area contributed by atoms with E-state index in [0.717, 1.165) is 23.4 Å². The maximum absolute atomic E-state index is 14.1. The van der Waals surface area contributed by atoms with Crippen LogP contribution in [-0.4, -0.2) is 46.5 Å². The third-order valence-electron chi connectivity index (χ3n) is 5.40. The molecule has 0 spiro atoms. The summed E-state index contributed by atoms with van der Waals surface area (Å²) >= 11 is 0. The lowest BCUT2D eigenvalue weighted by molar-refractivity contribution is 0.0829. The van der Waals surface area contributed by atoms with Gasteiger partial charge in [0.15, 0.2) is 0 Å². The maximum atomic E-state index is 14.1. The molecule has 154 valence electrons. The van der Waals surface area contributed by atoms with Gasteiger partial charge in [0.05, 0.1) is 42.0 Å². The summed E-state index contributed by atoms with van der Waals surface area (Å²) in [4.78, 5) is 19.5. The monoisotopic (exact) mass is 415 g/mol. The molecule has 4 heterocycles. The number of hydrogen-bond acceptors (Lipinski definition) is 8. The van der Waals surface area contributed by atoms with Crippen LogP contribution in [0.4, 0.5) is 21.8 Å². The molecule has 2 aliphatic heterocycles. The van der Waals surface area contributed by atoms with Crippen molar-refractivity contribution >= 4 is 23.2 Å². The van der Waals surface area contributed by atoms with Crippen LogP contribution in [0.15, 0.2) is 47.7 Å². The summed E-state index contributed by atoms with van der Waals surface area (Å²) in [6.45, 7) is 1.72. The van der Waals surface area contributed by atoms with Gasteiger partial charge in [-0.1, -0.05) is 6.07 Å². The molecular weight excluding hydrogens is 397 g/mol. The summed E-state index contributed by atoms with van der Waals surface area (Å²) in [6.07, 6.45) is 4.09. The Hall–Kier alpha value is -3.90. The van der Waals surface area contributed by atoms with Crippen LogP contribution in [0.1, 0.15) is 11.1 Å². The number of nitrogen functional groups attached to an aromatic ring is 1. The Labute approximate surface area is 177 Å². The van der Waals surface area contributed by atoms with Crippen LogP contribution >= 0.6 is 0 Å². The second kappa shape index (κ2) is 7.74. The first-order valence-electron chi connectivity index (χ1n) is 9.82. The molecule has 3 aromatic rings. The predicted octanol–water partition coefficient (Wildman–Crippen LogP) is 2.67. The second-order valence-electron chi connectivity index (χ2n) is 7.37. The van der Waals surface area contributed by atoms with Crippen LogP contribution in [0.2, 0.25) is 0 Å². The minimum absolute atomic E-state index is 0.0180. The molecule has 0 radical (unpaired) electrons. The molecule has 0 aliphatic carbocycles. The molecule has 8 nitrogen and oxygen atoms in total. The first kappa shape index (κ1) is 19.1. The Morgan fingerprint density at radius 1 is 1.23 bits per heavy atom. The van der Waals surface area contributed by atoms with Gasteiger partial charge in [-0.15, -0.1) is 0 Å². The Kier molecular flexibility index (Phi) is 4.76. The zero-order chi connectivity index (χ0) is 21.4. The van der Waals surface area contributed by atoms with Gasteiger partial charge in [0.25, 0.3) is 0 Å². The first-order valence-corrected chi connectivity index (χ1v) is 9.82. The van der Waals surface area contributed by atoms with Crippen molar-refractivity contribution in [1.82, 2.24) is 15.0 Å². The van der Waals surface area contributed by atoms with Gasteiger partial charge in [0.2, 0.25) is 5.95 Å². The molecule has 1 fully saturated rings. The fourth-order valence-electron chi connectivity index (χ4n) is 3.83. The van der Waals surface area contributed by atoms with Crippen molar-refractivity contribution in [2.24, 2.45) is 4.99 Å². The van der Waals surface area contributed by atoms with Crippen molar-refractivity contribution in [3.8, 4) is 17.3 Å². The summed E-state index contributed by atoms with van der Waals surface area (Å²) in [5, 5.41) is 8.94. The first-order chi connectivity index (χ1) is 15.1. The van der Waals surface area contributed by atoms with Gasteiger partial charge in [-0.05, 0) is 23.8 Å². The van der Waals surface area contributed by atoms with Crippen LogP contribution in [-0.2, 0) is 11.2 Å². The minimum atomic E-state index is -0.599. The smallest absolute Gasteiger partial charge is 0.222 e. The molecule has 2 N–H and O–H groups in total. The average Bonchev–Trinajstić information content (AvgIpc) is 3.23. The van der Waals surface area contributed by atoms with Crippen LogP contribution in [0.25, 0.3) is 11.3 Å². The van der Waals surface area contributed by atoms with Gasteiger partial charge in [-0.3, -0.25) is 9.98 Å². The van der Waals surface area contributed by atoms with Gasteiger partial charge in [0, 0.05) is 30.8 Å². The van der Waals surface area contributed by atoms with Crippen molar-refractivity contribution in [1.29, 1.82) is 5.26 Å². The summed E-state index contributed by atoms with van der Waals surface area (Å²) in [5.74, 6) is 0.133.